The lowest BCUT2D eigenvalue weighted by Gasteiger charge is -2.05. The molecule has 4 nitrogen and oxygen atoms in total. The molecule has 0 radical (unpaired) electrons. The van der Waals surface area contributed by atoms with Gasteiger partial charge in [-0.05, 0) is 55.0 Å². The van der Waals surface area contributed by atoms with Gasteiger partial charge in [0.2, 0.25) is 0 Å². The van der Waals surface area contributed by atoms with Crippen molar-refractivity contribution in [2.45, 2.75) is 6.92 Å². The highest BCUT2D eigenvalue weighted by Crippen LogP contribution is 2.31. The first-order valence-electron chi connectivity index (χ1n) is 7.81. The SMILES string of the molecule is COc1ccc(-c2cc(C)c3[nH]c4cc(OC)ccc4c3n2)cc1. The Hall–Kier alpha value is -3.01. The molecule has 2 aromatic heterocycles. The quantitative estimate of drug-likeness (QED) is 0.595. The number of pyridine rings is 1. The first kappa shape index (κ1) is 14.6. The van der Waals surface area contributed by atoms with Gasteiger partial charge in [-0.2, -0.15) is 0 Å². The van der Waals surface area contributed by atoms with Crippen LogP contribution >= 0.6 is 0 Å². The van der Waals surface area contributed by atoms with Crippen LogP contribution in [0.4, 0.5) is 0 Å². The van der Waals surface area contributed by atoms with Gasteiger partial charge in [-0.1, -0.05) is 0 Å². The molecule has 0 fully saturated rings. The minimum Gasteiger partial charge on any atom is -0.497 e. The smallest absolute Gasteiger partial charge is 0.120 e. The number of H-pyrrole nitrogens is 1. The summed E-state index contributed by atoms with van der Waals surface area (Å²) in [5, 5.41) is 1.10. The Morgan fingerprint density at radius 2 is 1.58 bits per heavy atom. The summed E-state index contributed by atoms with van der Waals surface area (Å²) in [6, 6.07) is 16.1. The normalized spacial score (nSPS) is 11.1. The molecule has 4 heteroatoms. The Morgan fingerprint density at radius 1 is 0.875 bits per heavy atom. The second-order valence-electron chi connectivity index (χ2n) is 5.81. The van der Waals surface area contributed by atoms with Crippen LogP contribution in [0.25, 0.3) is 33.2 Å². The third-order valence-electron chi connectivity index (χ3n) is 4.34. The number of aryl methyl sites for hydroxylation is 1. The van der Waals surface area contributed by atoms with E-state index in [0.29, 0.717) is 0 Å². The summed E-state index contributed by atoms with van der Waals surface area (Å²) in [5.74, 6) is 1.68. The van der Waals surface area contributed by atoms with Gasteiger partial charge in [-0.25, -0.2) is 4.98 Å². The van der Waals surface area contributed by atoms with Crippen LogP contribution in [-0.2, 0) is 0 Å². The number of rotatable bonds is 3. The van der Waals surface area contributed by atoms with Gasteiger partial charge in [0.1, 0.15) is 11.5 Å². The van der Waals surface area contributed by atoms with Crippen molar-refractivity contribution in [2.24, 2.45) is 0 Å². The zero-order valence-electron chi connectivity index (χ0n) is 13.9. The maximum atomic E-state index is 5.31. The van der Waals surface area contributed by atoms with E-state index < -0.39 is 0 Å². The van der Waals surface area contributed by atoms with Crippen molar-refractivity contribution in [3.8, 4) is 22.8 Å². The second kappa shape index (κ2) is 5.57. The van der Waals surface area contributed by atoms with Crippen LogP contribution in [0.5, 0.6) is 11.5 Å². The van der Waals surface area contributed by atoms with Gasteiger partial charge >= 0.3 is 0 Å². The van der Waals surface area contributed by atoms with Gasteiger partial charge < -0.3 is 14.5 Å². The van der Waals surface area contributed by atoms with E-state index in [1.807, 2.05) is 36.4 Å². The number of hydrogen-bond acceptors (Lipinski definition) is 3. The molecule has 2 aromatic carbocycles. The number of ether oxygens (including phenoxy) is 2. The monoisotopic (exact) mass is 318 g/mol. The summed E-state index contributed by atoms with van der Waals surface area (Å²) in [7, 11) is 3.35. The molecule has 24 heavy (non-hydrogen) atoms. The van der Waals surface area contributed by atoms with E-state index in [2.05, 4.69) is 24.0 Å². The van der Waals surface area contributed by atoms with Gasteiger partial charge in [0.25, 0.3) is 0 Å². The highest BCUT2D eigenvalue weighted by molar-refractivity contribution is 6.06. The van der Waals surface area contributed by atoms with Gasteiger partial charge in [-0.3, -0.25) is 0 Å². The summed E-state index contributed by atoms with van der Waals surface area (Å²) in [6.07, 6.45) is 0. The molecule has 0 spiro atoms. The Morgan fingerprint density at radius 3 is 2.29 bits per heavy atom. The molecule has 0 saturated carbocycles. The molecule has 0 bridgehead atoms. The summed E-state index contributed by atoms with van der Waals surface area (Å²) < 4.78 is 10.5. The lowest BCUT2D eigenvalue weighted by atomic mass is 10.1. The predicted octanol–water partition coefficient (Wildman–Crippen LogP) is 4.71. The van der Waals surface area contributed by atoms with Crippen molar-refractivity contribution in [1.29, 1.82) is 0 Å². The fraction of sp³-hybridized carbons (Fsp3) is 0.150. The number of aromatic amines is 1. The average molecular weight is 318 g/mol. The minimum absolute atomic E-state index is 0.835. The Kier molecular flexibility index (Phi) is 3.38. The average Bonchev–Trinajstić information content (AvgIpc) is 3.00. The number of methoxy groups -OCH3 is 2. The van der Waals surface area contributed by atoms with Gasteiger partial charge in [0, 0.05) is 17.0 Å². The summed E-state index contributed by atoms with van der Waals surface area (Å²) in [4.78, 5) is 8.35. The third-order valence-corrected chi connectivity index (χ3v) is 4.34. The van der Waals surface area contributed by atoms with Crippen LogP contribution in [0.2, 0.25) is 0 Å². The molecule has 1 N–H and O–H groups in total. The van der Waals surface area contributed by atoms with Crippen LogP contribution in [0, 0.1) is 6.92 Å². The van der Waals surface area contributed by atoms with Crippen LogP contribution in [0.3, 0.4) is 0 Å². The molecule has 4 rings (SSSR count). The topological polar surface area (TPSA) is 47.1 Å². The van der Waals surface area contributed by atoms with E-state index in [1.165, 1.54) is 5.56 Å². The van der Waals surface area contributed by atoms with Crippen LogP contribution in [-0.4, -0.2) is 24.2 Å². The second-order valence-corrected chi connectivity index (χ2v) is 5.81. The van der Waals surface area contributed by atoms with E-state index in [1.54, 1.807) is 14.2 Å². The van der Waals surface area contributed by atoms with Crippen molar-refractivity contribution >= 4 is 21.9 Å². The highest BCUT2D eigenvalue weighted by Gasteiger charge is 2.11. The van der Waals surface area contributed by atoms with E-state index in [-0.39, 0.29) is 0 Å². The largest absolute Gasteiger partial charge is 0.497 e. The Bertz CT molecular complexity index is 1030. The molecule has 2 heterocycles. The molecule has 0 unspecified atom stereocenters. The van der Waals surface area contributed by atoms with Gasteiger partial charge in [0.15, 0.2) is 0 Å². The standard InChI is InChI=1S/C20H18N2O2/c1-12-10-17(13-4-6-14(23-2)7-5-13)21-20-16-9-8-15(24-3)11-18(16)22-19(12)20/h4-11,22H,1-3H3. The lowest BCUT2D eigenvalue weighted by molar-refractivity contribution is 0.415. The fourth-order valence-corrected chi connectivity index (χ4v) is 3.03. The molecule has 120 valence electrons. The molecule has 0 atom stereocenters. The third kappa shape index (κ3) is 2.27. The van der Waals surface area contributed by atoms with Crippen LogP contribution in [0.1, 0.15) is 5.56 Å². The van der Waals surface area contributed by atoms with Crippen molar-refractivity contribution in [1.82, 2.24) is 9.97 Å². The van der Waals surface area contributed by atoms with Crippen LogP contribution in [0.15, 0.2) is 48.5 Å². The number of aromatic nitrogens is 2. The number of hydrogen-bond donors (Lipinski definition) is 1. The lowest BCUT2D eigenvalue weighted by Crippen LogP contribution is -1.88. The van der Waals surface area contributed by atoms with Crippen molar-refractivity contribution < 1.29 is 9.47 Å². The van der Waals surface area contributed by atoms with Crippen LogP contribution < -0.4 is 9.47 Å². The zero-order chi connectivity index (χ0) is 16.7. The van der Waals surface area contributed by atoms with Gasteiger partial charge in [-0.15, -0.1) is 0 Å². The van der Waals surface area contributed by atoms with Crippen molar-refractivity contribution in [3.05, 3.63) is 54.1 Å². The molecule has 0 aliphatic heterocycles. The number of nitrogens with zero attached hydrogens (tertiary/aromatic N) is 1. The first-order chi connectivity index (χ1) is 11.7. The summed E-state index contributed by atoms with van der Waals surface area (Å²) >= 11 is 0. The Labute approximate surface area is 140 Å². The van der Waals surface area contributed by atoms with Crippen molar-refractivity contribution in [3.63, 3.8) is 0 Å². The highest BCUT2D eigenvalue weighted by atomic mass is 16.5. The first-order valence-corrected chi connectivity index (χ1v) is 7.81. The number of fused-ring (bicyclic) bond motifs is 3. The van der Waals surface area contributed by atoms with E-state index in [4.69, 9.17) is 14.5 Å². The van der Waals surface area contributed by atoms with Crippen molar-refractivity contribution in [2.75, 3.05) is 14.2 Å². The maximum absolute atomic E-state index is 5.31. The molecule has 4 aromatic rings. The predicted molar refractivity (Wildman–Crippen MR) is 96.9 cm³/mol. The fourth-order valence-electron chi connectivity index (χ4n) is 3.03. The summed E-state index contributed by atoms with van der Waals surface area (Å²) in [5.41, 5.74) is 6.28. The molecule has 0 aliphatic carbocycles. The molecule has 0 aliphatic rings. The van der Waals surface area contributed by atoms with E-state index in [0.717, 1.165) is 44.7 Å². The Balaban J connectivity index is 1.93. The number of nitrogens with one attached hydrogen (secondary N) is 1. The summed E-state index contributed by atoms with van der Waals surface area (Å²) in [6.45, 7) is 2.10. The molecule has 0 amide bonds. The van der Waals surface area contributed by atoms with E-state index >= 15 is 0 Å². The molecule has 0 saturated heterocycles. The number of benzene rings is 2. The van der Waals surface area contributed by atoms with Gasteiger partial charge in [0.05, 0.1) is 36.5 Å². The zero-order valence-corrected chi connectivity index (χ0v) is 13.9. The minimum atomic E-state index is 0.835. The maximum Gasteiger partial charge on any atom is 0.120 e. The molecular weight excluding hydrogens is 300 g/mol. The van der Waals surface area contributed by atoms with E-state index in [9.17, 15) is 0 Å². The molecular formula is C20H18N2O2.